The van der Waals surface area contributed by atoms with E-state index in [1.807, 2.05) is 36.2 Å². The van der Waals surface area contributed by atoms with Crippen molar-refractivity contribution in [3.63, 3.8) is 0 Å². The van der Waals surface area contributed by atoms with Crippen molar-refractivity contribution in [2.45, 2.75) is 30.5 Å². The van der Waals surface area contributed by atoms with Crippen molar-refractivity contribution in [2.75, 3.05) is 5.01 Å². The number of aliphatic hydroxyl groups excluding tert-OH is 1. The Hall–Kier alpha value is -3.44. The Kier molecular flexibility index (Phi) is 5.73. The van der Waals surface area contributed by atoms with E-state index in [0.717, 1.165) is 16.8 Å². The largest absolute Gasteiger partial charge is 0.768 e. The minimum absolute atomic E-state index is 0.145. The van der Waals surface area contributed by atoms with E-state index < -0.39 is 17.3 Å². The van der Waals surface area contributed by atoms with Crippen LogP contribution >= 0.6 is 0 Å². The average Bonchev–Trinajstić information content (AvgIpc) is 3.44. The zero-order chi connectivity index (χ0) is 22.9. The number of nitrogens with zero attached hydrogens (tertiary/aromatic N) is 5. The third-order valence-electron chi connectivity index (χ3n) is 5.55. The lowest BCUT2D eigenvalue weighted by atomic mass is 10.1. The molecule has 1 aliphatic heterocycles. The van der Waals surface area contributed by atoms with Gasteiger partial charge in [-0.2, -0.15) is 5.10 Å². The SMILES string of the molecule is Cc1ccc(N2NC(c3ccc(S(=O)[O-])cc3)CC2=NC(O)c2cnn3cccnc23)cc1. The molecule has 0 amide bonds. The van der Waals surface area contributed by atoms with Crippen molar-refractivity contribution in [3.8, 4) is 0 Å². The number of hydrogen-bond acceptors (Lipinski definition) is 7. The predicted molar refractivity (Wildman–Crippen MR) is 123 cm³/mol. The molecule has 1 fully saturated rings. The Morgan fingerprint density at radius 3 is 2.70 bits per heavy atom. The minimum Gasteiger partial charge on any atom is -0.768 e. The first-order valence-corrected chi connectivity index (χ1v) is 11.4. The van der Waals surface area contributed by atoms with Crippen LogP contribution in [-0.2, 0) is 11.1 Å². The van der Waals surface area contributed by atoms with Crippen LogP contribution in [0.2, 0.25) is 0 Å². The van der Waals surface area contributed by atoms with Crippen molar-refractivity contribution >= 4 is 28.3 Å². The van der Waals surface area contributed by atoms with Crippen molar-refractivity contribution in [1.82, 2.24) is 20.0 Å². The van der Waals surface area contributed by atoms with Gasteiger partial charge in [0, 0.05) is 23.7 Å². The van der Waals surface area contributed by atoms with Gasteiger partial charge >= 0.3 is 0 Å². The molecule has 10 heteroatoms. The molecular weight excluding hydrogens is 440 g/mol. The lowest BCUT2D eigenvalue weighted by Crippen LogP contribution is -2.35. The summed E-state index contributed by atoms with van der Waals surface area (Å²) in [4.78, 5) is 9.15. The minimum atomic E-state index is -2.27. The first kappa shape index (κ1) is 21.4. The molecule has 5 rings (SSSR count). The lowest BCUT2D eigenvalue weighted by Gasteiger charge is -2.21. The van der Waals surface area contributed by atoms with Crippen LogP contribution in [0.5, 0.6) is 0 Å². The summed E-state index contributed by atoms with van der Waals surface area (Å²) in [6.45, 7) is 2.02. The third kappa shape index (κ3) is 4.29. The summed E-state index contributed by atoms with van der Waals surface area (Å²) in [5, 5.41) is 17.0. The van der Waals surface area contributed by atoms with Crippen molar-refractivity contribution < 1.29 is 13.9 Å². The maximum Gasteiger partial charge on any atom is 0.178 e. The Bertz CT molecular complexity index is 1340. The number of aromatic nitrogens is 3. The standard InChI is InChI=1S/C23H22N6O3S/c1-15-3-7-17(8-4-15)29-21(13-20(27-29)16-5-9-18(10-6-16)33(31)32)26-23(30)19-14-25-28-12-2-11-24-22(19)28/h2-12,14,20,23,27,30H,13H2,1H3,(H,31,32)/p-1. The van der Waals surface area contributed by atoms with E-state index in [2.05, 4.69) is 20.5 Å². The highest BCUT2D eigenvalue weighted by molar-refractivity contribution is 7.79. The van der Waals surface area contributed by atoms with Crippen molar-refractivity contribution in [3.05, 3.63) is 89.9 Å². The molecule has 4 aromatic rings. The smallest absolute Gasteiger partial charge is 0.178 e. The summed E-state index contributed by atoms with van der Waals surface area (Å²) in [5.41, 5.74) is 7.41. The summed E-state index contributed by atoms with van der Waals surface area (Å²) < 4.78 is 24.0. The number of amidine groups is 1. The van der Waals surface area contributed by atoms with Crippen molar-refractivity contribution in [1.29, 1.82) is 0 Å². The molecule has 3 atom stereocenters. The van der Waals surface area contributed by atoms with Gasteiger partial charge in [0.1, 0.15) is 5.84 Å². The molecule has 0 aliphatic carbocycles. The van der Waals surface area contributed by atoms with Crippen LogP contribution in [0.15, 0.2) is 83.1 Å². The lowest BCUT2D eigenvalue weighted by molar-refractivity contribution is 0.189. The molecule has 3 unspecified atom stereocenters. The number of nitrogens with one attached hydrogen (secondary N) is 1. The second-order valence-electron chi connectivity index (χ2n) is 7.77. The number of benzene rings is 2. The fraction of sp³-hybridized carbons (Fsp3) is 0.174. The van der Waals surface area contributed by atoms with E-state index in [4.69, 9.17) is 0 Å². The molecule has 0 radical (unpaired) electrons. The summed E-state index contributed by atoms with van der Waals surface area (Å²) >= 11 is -2.27. The molecule has 2 N–H and O–H groups in total. The van der Waals surface area contributed by atoms with Crippen LogP contribution in [0.3, 0.4) is 0 Å². The summed E-state index contributed by atoms with van der Waals surface area (Å²) in [6, 6.07) is 16.3. The van der Waals surface area contributed by atoms with E-state index in [1.165, 1.54) is 0 Å². The summed E-state index contributed by atoms with van der Waals surface area (Å²) in [6.07, 6.45) is 4.32. The second kappa shape index (κ2) is 8.83. The number of fused-ring (bicyclic) bond motifs is 1. The highest BCUT2D eigenvalue weighted by Crippen LogP contribution is 2.31. The predicted octanol–water partition coefficient (Wildman–Crippen LogP) is 2.82. The molecule has 1 aliphatic rings. The number of aliphatic hydroxyl groups is 1. The van der Waals surface area contributed by atoms with E-state index >= 15 is 0 Å². The van der Waals surface area contributed by atoms with Crippen LogP contribution in [0.25, 0.3) is 5.65 Å². The van der Waals surface area contributed by atoms with Gasteiger partial charge in [-0.15, -0.1) is 0 Å². The Morgan fingerprint density at radius 2 is 1.97 bits per heavy atom. The zero-order valence-electron chi connectivity index (χ0n) is 17.7. The second-order valence-corrected chi connectivity index (χ2v) is 8.71. The molecule has 2 aromatic heterocycles. The molecule has 1 saturated heterocycles. The van der Waals surface area contributed by atoms with Gasteiger partial charge in [0.2, 0.25) is 0 Å². The first-order chi connectivity index (χ1) is 16.0. The van der Waals surface area contributed by atoms with Gasteiger partial charge in [-0.1, -0.05) is 29.8 Å². The first-order valence-electron chi connectivity index (χ1n) is 10.3. The third-order valence-corrected chi connectivity index (χ3v) is 6.21. The average molecular weight is 462 g/mol. The maximum atomic E-state index is 11.2. The van der Waals surface area contributed by atoms with E-state index in [-0.39, 0.29) is 10.9 Å². The fourth-order valence-corrected chi connectivity index (χ4v) is 4.18. The molecule has 33 heavy (non-hydrogen) atoms. The summed E-state index contributed by atoms with van der Waals surface area (Å²) in [5.74, 6) is 0.642. The number of aliphatic imine (C=N–C) groups is 1. The number of hydrazine groups is 1. The van der Waals surface area contributed by atoms with Crippen LogP contribution in [0, 0.1) is 6.92 Å². The molecule has 0 spiro atoms. The number of rotatable bonds is 5. The number of hydrogen-bond donors (Lipinski definition) is 2. The monoisotopic (exact) mass is 461 g/mol. The van der Waals surface area contributed by atoms with Crippen LogP contribution in [0.4, 0.5) is 5.69 Å². The van der Waals surface area contributed by atoms with Gasteiger partial charge in [-0.25, -0.2) is 19.9 Å². The van der Waals surface area contributed by atoms with Gasteiger partial charge in [0.15, 0.2) is 11.9 Å². The molecule has 9 nitrogen and oxygen atoms in total. The van der Waals surface area contributed by atoms with Gasteiger partial charge in [0.25, 0.3) is 0 Å². The van der Waals surface area contributed by atoms with E-state index in [9.17, 15) is 13.9 Å². The Balaban J connectivity index is 1.49. The fourth-order valence-electron chi connectivity index (χ4n) is 3.82. The zero-order valence-corrected chi connectivity index (χ0v) is 18.5. The molecular formula is C23H21N6O3S-. The molecule has 0 saturated carbocycles. The molecule has 3 heterocycles. The maximum absolute atomic E-state index is 11.2. The van der Waals surface area contributed by atoms with E-state index in [0.29, 0.717) is 23.5 Å². The normalized spacial score (nSPS) is 19.3. The Morgan fingerprint density at radius 1 is 1.21 bits per heavy atom. The highest BCUT2D eigenvalue weighted by atomic mass is 32.2. The van der Waals surface area contributed by atoms with Gasteiger partial charge < -0.3 is 9.66 Å². The van der Waals surface area contributed by atoms with Crippen molar-refractivity contribution in [2.24, 2.45) is 4.99 Å². The molecule has 0 bridgehead atoms. The highest BCUT2D eigenvalue weighted by Gasteiger charge is 2.31. The topological polar surface area (TPSA) is 118 Å². The molecule has 168 valence electrons. The van der Waals surface area contributed by atoms with Gasteiger partial charge in [-0.3, -0.25) is 9.22 Å². The van der Waals surface area contributed by atoms with Crippen LogP contribution in [-0.4, -0.2) is 34.3 Å². The summed E-state index contributed by atoms with van der Waals surface area (Å²) in [7, 11) is 0. The quantitative estimate of drug-likeness (QED) is 0.439. The van der Waals surface area contributed by atoms with Gasteiger partial charge in [-0.05, 0) is 53.9 Å². The number of anilines is 1. The van der Waals surface area contributed by atoms with E-state index in [1.54, 1.807) is 53.4 Å². The molecule has 2 aromatic carbocycles. The Labute approximate surface area is 192 Å². The number of aryl methyl sites for hydroxylation is 1. The van der Waals surface area contributed by atoms with Crippen LogP contribution in [0.1, 0.15) is 35.4 Å². The van der Waals surface area contributed by atoms with Gasteiger partial charge in [0.05, 0.1) is 23.5 Å². The van der Waals surface area contributed by atoms with Crippen LogP contribution < -0.4 is 10.4 Å².